The number of amides is 1. The van der Waals surface area contributed by atoms with Gasteiger partial charge in [0.2, 0.25) is 5.91 Å². The van der Waals surface area contributed by atoms with Gasteiger partial charge < -0.3 is 4.90 Å². The highest BCUT2D eigenvalue weighted by Gasteiger charge is 2.40. The third-order valence-electron chi connectivity index (χ3n) is 3.90. The monoisotopic (exact) mass is 315 g/mol. The summed E-state index contributed by atoms with van der Waals surface area (Å²) in [5, 5.41) is -0.775. The van der Waals surface area contributed by atoms with Crippen LogP contribution in [-0.2, 0) is 21.2 Å². The number of hydrogen-bond acceptors (Lipinski definition) is 3. The summed E-state index contributed by atoms with van der Waals surface area (Å²) in [6.07, 6.45) is 0.631. The van der Waals surface area contributed by atoms with Crippen molar-refractivity contribution < 1.29 is 13.2 Å². The molecule has 1 aliphatic rings. The number of benzene rings is 2. The second-order valence-corrected chi connectivity index (χ2v) is 7.46. The highest BCUT2D eigenvalue weighted by molar-refractivity contribution is 7.92. The van der Waals surface area contributed by atoms with Crippen LogP contribution in [0.1, 0.15) is 18.4 Å². The first-order valence-electron chi connectivity index (χ1n) is 7.21. The normalized spacial score (nSPS) is 18.6. The first kappa shape index (κ1) is 14.8. The molecule has 0 aromatic heterocycles. The summed E-state index contributed by atoms with van der Waals surface area (Å²) in [5.74, 6) is -0.103. The van der Waals surface area contributed by atoms with Crippen LogP contribution in [0, 0.1) is 0 Å². The zero-order valence-electron chi connectivity index (χ0n) is 12.1. The van der Waals surface area contributed by atoms with Crippen molar-refractivity contribution >= 4 is 15.7 Å². The van der Waals surface area contributed by atoms with Gasteiger partial charge in [0.1, 0.15) is 5.37 Å². The fraction of sp³-hybridized carbons (Fsp3) is 0.235. The lowest BCUT2D eigenvalue weighted by molar-refractivity contribution is -0.128. The van der Waals surface area contributed by atoms with Gasteiger partial charge in [-0.25, -0.2) is 8.42 Å². The lowest BCUT2D eigenvalue weighted by atomic mass is 10.2. The molecule has 1 saturated heterocycles. The van der Waals surface area contributed by atoms with E-state index in [9.17, 15) is 13.2 Å². The molecule has 22 heavy (non-hydrogen) atoms. The number of likely N-dealkylation sites (tertiary alicyclic amines) is 1. The van der Waals surface area contributed by atoms with Gasteiger partial charge in [-0.05, 0) is 24.1 Å². The average Bonchev–Trinajstić information content (AvgIpc) is 2.91. The number of sulfone groups is 1. The maximum Gasteiger partial charge on any atom is 0.224 e. The molecule has 1 atom stereocenters. The summed E-state index contributed by atoms with van der Waals surface area (Å²) in [6.45, 7) is 0.330. The molecule has 0 aliphatic carbocycles. The van der Waals surface area contributed by atoms with E-state index in [1.54, 1.807) is 30.3 Å². The minimum absolute atomic E-state index is 0.103. The molecule has 1 heterocycles. The molecule has 0 saturated carbocycles. The van der Waals surface area contributed by atoms with Crippen LogP contribution in [-0.4, -0.2) is 24.6 Å². The van der Waals surface area contributed by atoms with Gasteiger partial charge in [0.25, 0.3) is 0 Å². The Hall–Kier alpha value is -2.14. The maximum absolute atomic E-state index is 12.8. The molecular weight excluding hydrogens is 298 g/mol. The zero-order chi connectivity index (χ0) is 15.6. The Balaban J connectivity index is 1.91. The van der Waals surface area contributed by atoms with Crippen LogP contribution in [0.4, 0.5) is 0 Å². The van der Waals surface area contributed by atoms with E-state index in [4.69, 9.17) is 0 Å². The van der Waals surface area contributed by atoms with E-state index < -0.39 is 15.2 Å². The van der Waals surface area contributed by atoms with E-state index in [1.165, 1.54) is 4.90 Å². The molecule has 2 aromatic rings. The molecule has 0 bridgehead atoms. The molecule has 0 spiro atoms. The van der Waals surface area contributed by atoms with E-state index in [0.29, 0.717) is 13.0 Å². The Kier molecular flexibility index (Phi) is 3.98. The average molecular weight is 315 g/mol. The van der Waals surface area contributed by atoms with E-state index in [2.05, 4.69) is 0 Å². The van der Waals surface area contributed by atoms with E-state index in [-0.39, 0.29) is 17.2 Å². The molecule has 114 valence electrons. The summed E-state index contributed by atoms with van der Waals surface area (Å²) >= 11 is 0. The topological polar surface area (TPSA) is 54.5 Å². The second kappa shape index (κ2) is 5.93. The molecule has 1 unspecified atom stereocenters. The van der Waals surface area contributed by atoms with Crippen molar-refractivity contribution in [1.82, 2.24) is 4.90 Å². The van der Waals surface area contributed by atoms with Crippen molar-refractivity contribution in [2.24, 2.45) is 0 Å². The van der Waals surface area contributed by atoms with Crippen LogP contribution >= 0.6 is 0 Å². The second-order valence-electron chi connectivity index (χ2n) is 5.36. The molecule has 5 heteroatoms. The van der Waals surface area contributed by atoms with Gasteiger partial charge in [-0.2, -0.15) is 0 Å². The van der Waals surface area contributed by atoms with Gasteiger partial charge in [-0.1, -0.05) is 48.5 Å². The van der Waals surface area contributed by atoms with Gasteiger partial charge in [0.15, 0.2) is 9.84 Å². The first-order chi connectivity index (χ1) is 10.6. The standard InChI is InChI=1S/C17H17NO3S/c19-16-11-12-17(18(16)13-14-7-3-1-4-8-14)22(20,21)15-9-5-2-6-10-15/h1-10,17H,11-13H2. The van der Waals surface area contributed by atoms with Crippen molar-refractivity contribution in [3.8, 4) is 0 Å². The summed E-state index contributed by atoms with van der Waals surface area (Å²) in [4.78, 5) is 13.9. The van der Waals surface area contributed by atoms with Crippen molar-refractivity contribution in [3.05, 3.63) is 66.2 Å². The Morgan fingerprint density at radius 3 is 2.18 bits per heavy atom. The third kappa shape index (κ3) is 2.76. The van der Waals surface area contributed by atoms with E-state index in [1.807, 2.05) is 30.3 Å². The van der Waals surface area contributed by atoms with Gasteiger partial charge in [-0.15, -0.1) is 0 Å². The lowest BCUT2D eigenvalue weighted by Gasteiger charge is -2.25. The first-order valence-corrected chi connectivity index (χ1v) is 8.76. The van der Waals surface area contributed by atoms with Crippen molar-refractivity contribution in [3.63, 3.8) is 0 Å². The summed E-state index contributed by atoms with van der Waals surface area (Å²) in [6, 6.07) is 17.8. The van der Waals surface area contributed by atoms with E-state index >= 15 is 0 Å². The van der Waals surface area contributed by atoms with Crippen LogP contribution in [0.2, 0.25) is 0 Å². The minimum Gasteiger partial charge on any atom is -0.321 e. The predicted octanol–water partition coefficient (Wildman–Crippen LogP) is 2.61. The number of rotatable bonds is 4. The molecular formula is C17H17NO3S. The van der Waals surface area contributed by atoms with Crippen molar-refractivity contribution in [1.29, 1.82) is 0 Å². The predicted molar refractivity (Wildman–Crippen MR) is 83.6 cm³/mol. The summed E-state index contributed by atoms with van der Waals surface area (Å²) in [5.41, 5.74) is 0.936. The number of carbonyl (C=O) groups excluding carboxylic acids is 1. The van der Waals surface area contributed by atoms with Crippen LogP contribution in [0.3, 0.4) is 0 Å². The Bertz CT molecular complexity index is 757. The van der Waals surface area contributed by atoms with Crippen LogP contribution < -0.4 is 0 Å². The molecule has 4 nitrogen and oxygen atoms in total. The van der Waals surface area contributed by atoms with Gasteiger partial charge in [0.05, 0.1) is 4.90 Å². The maximum atomic E-state index is 12.8. The third-order valence-corrected chi connectivity index (χ3v) is 6.03. The molecule has 1 fully saturated rings. The SMILES string of the molecule is O=C1CCC(S(=O)(=O)c2ccccc2)N1Cc1ccccc1. The highest BCUT2D eigenvalue weighted by Crippen LogP contribution is 2.29. The molecule has 3 rings (SSSR count). The van der Waals surface area contributed by atoms with Gasteiger partial charge >= 0.3 is 0 Å². The van der Waals surface area contributed by atoms with Gasteiger partial charge in [0, 0.05) is 13.0 Å². The minimum atomic E-state index is -3.54. The lowest BCUT2D eigenvalue weighted by Crippen LogP contribution is -2.38. The van der Waals surface area contributed by atoms with Crippen LogP contribution in [0.15, 0.2) is 65.6 Å². The summed E-state index contributed by atoms with van der Waals surface area (Å²) in [7, 11) is -3.54. The Labute approximate surface area is 130 Å². The van der Waals surface area contributed by atoms with Crippen molar-refractivity contribution in [2.75, 3.05) is 0 Å². The van der Waals surface area contributed by atoms with E-state index in [0.717, 1.165) is 5.56 Å². The largest absolute Gasteiger partial charge is 0.321 e. The van der Waals surface area contributed by atoms with Gasteiger partial charge in [-0.3, -0.25) is 4.79 Å². The van der Waals surface area contributed by atoms with Crippen LogP contribution in [0.25, 0.3) is 0 Å². The number of carbonyl (C=O) groups is 1. The van der Waals surface area contributed by atoms with Crippen LogP contribution in [0.5, 0.6) is 0 Å². The molecule has 2 aromatic carbocycles. The Morgan fingerprint density at radius 2 is 1.55 bits per heavy atom. The summed E-state index contributed by atoms with van der Waals surface area (Å²) < 4.78 is 25.6. The number of hydrogen-bond donors (Lipinski definition) is 0. The highest BCUT2D eigenvalue weighted by atomic mass is 32.2. The molecule has 0 radical (unpaired) electrons. The quantitative estimate of drug-likeness (QED) is 0.871. The van der Waals surface area contributed by atoms with Crippen molar-refractivity contribution in [2.45, 2.75) is 29.7 Å². The Morgan fingerprint density at radius 1 is 0.955 bits per heavy atom. The zero-order valence-corrected chi connectivity index (χ0v) is 12.9. The number of nitrogens with zero attached hydrogens (tertiary/aromatic N) is 1. The molecule has 1 aliphatic heterocycles. The smallest absolute Gasteiger partial charge is 0.224 e. The molecule has 1 amide bonds. The molecule has 0 N–H and O–H groups in total. The fourth-order valence-electron chi connectivity index (χ4n) is 2.77. The fourth-order valence-corrected chi connectivity index (χ4v) is 4.57.